The van der Waals surface area contributed by atoms with Gasteiger partial charge in [-0.15, -0.1) is 0 Å². The van der Waals surface area contributed by atoms with E-state index in [2.05, 4.69) is 0 Å². The Hall–Kier alpha value is -1.65. The van der Waals surface area contributed by atoms with Gasteiger partial charge < -0.3 is 10.5 Å². The minimum absolute atomic E-state index is 0.00964. The second kappa shape index (κ2) is 5.99. The number of rotatable bonds is 4. The van der Waals surface area contributed by atoms with Gasteiger partial charge >= 0.3 is 0 Å². The lowest BCUT2D eigenvalue weighted by Gasteiger charge is -2.08. The molecule has 0 amide bonds. The topological polar surface area (TPSA) is 35.2 Å². The number of benzene rings is 2. The van der Waals surface area contributed by atoms with Crippen LogP contribution in [0.15, 0.2) is 36.4 Å². The molecule has 0 bridgehead atoms. The van der Waals surface area contributed by atoms with E-state index in [9.17, 15) is 8.78 Å². The van der Waals surface area contributed by atoms with Gasteiger partial charge in [-0.1, -0.05) is 11.6 Å². The van der Waals surface area contributed by atoms with E-state index in [1.807, 2.05) is 0 Å². The lowest BCUT2D eigenvalue weighted by atomic mass is 10.1. The lowest BCUT2D eigenvalue weighted by Crippen LogP contribution is -2.03. The average molecular weight is 284 g/mol. The van der Waals surface area contributed by atoms with Crippen molar-refractivity contribution < 1.29 is 13.5 Å². The average Bonchev–Trinajstić information content (AvgIpc) is 2.33. The highest BCUT2D eigenvalue weighted by molar-refractivity contribution is 6.30. The number of halogens is 3. The van der Waals surface area contributed by atoms with E-state index in [-0.39, 0.29) is 10.8 Å². The van der Waals surface area contributed by atoms with E-state index in [0.29, 0.717) is 18.7 Å². The second-order valence-corrected chi connectivity index (χ2v) is 4.42. The molecule has 2 aromatic carbocycles. The molecule has 5 heteroatoms. The molecule has 0 aromatic heterocycles. The van der Waals surface area contributed by atoms with Crippen LogP contribution in [0.25, 0.3) is 0 Å². The van der Waals surface area contributed by atoms with Gasteiger partial charge in [0.25, 0.3) is 0 Å². The Morgan fingerprint density at radius 1 is 1.05 bits per heavy atom. The molecule has 2 rings (SSSR count). The third kappa shape index (κ3) is 3.66. The van der Waals surface area contributed by atoms with Crippen LogP contribution < -0.4 is 10.5 Å². The molecule has 19 heavy (non-hydrogen) atoms. The Labute approximate surface area is 114 Å². The van der Waals surface area contributed by atoms with Crippen LogP contribution in [0.4, 0.5) is 8.78 Å². The summed E-state index contributed by atoms with van der Waals surface area (Å²) in [7, 11) is 0. The van der Waals surface area contributed by atoms with E-state index in [1.54, 1.807) is 6.07 Å². The molecule has 2 aromatic rings. The summed E-state index contributed by atoms with van der Waals surface area (Å²) < 4.78 is 32.0. The number of nitrogens with two attached hydrogens (primary N) is 1. The Morgan fingerprint density at radius 2 is 1.84 bits per heavy atom. The molecule has 0 unspecified atom stereocenters. The van der Waals surface area contributed by atoms with Crippen molar-refractivity contribution in [2.24, 2.45) is 5.73 Å². The van der Waals surface area contributed by atoms with Crippen molar-refractivity contribution in [1.29, 1.82) is 0 Å². The Bertz CT molecular complexity index is 590. The summed E-state index contributed by atoms with van der Waals surface area (Å²) >= 11 is 5.57. The van der Waals surface area contributed by atoms with Crippen LogP contribution in [0, 0.1) is 11.6 Å². The van der Waals surface area contributed by atoms with Crippen LogP contribution in [0.5, 0.6) is 11.5 Å². The normalized spacial score (nSPS) is 10.5. The molecule has 0 aliphatic carbocycles. The molecular formula is C14H12ClF2NO. The van der Waals surface area contributed by atoms with Crippen LogP contribution in [-0.4, -0.2) is 6.54 Å². The van der Waals surface area contributed by atoms with Gasteiger partial charge in [0.05, 0.1) is 5.02 Å². The standard InChI is InChI=1S/C14H12ClF2NO/c15-13-2-1-11(8-14(13)17)19-12-6-9(3-4-18)5-10(16)7-12/h1-2,5-8H,3-4,18H2. The van der Waals surface area contributed by atoms with Crippen molar-refractivity contribution >= 4 is 11.6 Å². The SMILES string of the molecule is NCCc1cc(F)cc(Oc2ccc(Cl)c(F)c2)c1. The van der Waals surface area contributed by atoms with Gasteiger partial charge in [-0.3, -0.25) is 0 Å². The molecule has 0 saturated heterocycles. The first kappa shape index (κ1) is 13.8. The summed E-state index contributed by atoms with van der Waals surface area (Å²) in [4.78, 5) is 0. The second-order valence-electron chi connectivity index (χ2n) is 4.01. The molecule has 100 valence electrons. The van der Waals surface area contributed by atoms with Crippen LogP contribution >= 0.6 is 11.6 Å². The van der Waals surface area contributed by atoms with E-state index in [0.717, 1.165) is 11.6 Å². The first-order chi connectivity index (χ1) is 9.08. The first-order valence-electron chi connectivity index (χ1n) is 5.71. The van der Waals surface area contributed by atoms with E-state index in [1.165, 1.54) is 24.3 Å². The zero-order valence-electron chi connectivity index (χ0n) is 10.00. The van der Waals surface area contributed by atoms with E-state index in [4.69, 9.17) is 22.1 Å². The van der Waals surface area contributed by atoms with Crippen molar-refractivity contribution in [3.63, 3.8) is 0 Å². The summed E-state index contributed by atoms with van der Waals surface area (Å²) in [6.07, 6.45) is 0.545. The molecule has 2 nitrogen and oxygen atoms in total. The van der Waals surface area contributed by atoms with Gasteiger partial charge in [-0.2, -0.15) is 0 Å². The number of ether oxygens (including phenoxy) is 1. The summed E-state index contributed by atoms with van der Waals surface area (Å²) in [5.74, 6) is -0.454. The first-order valence-corrected chi connectivity index (χ1v) is 6.09. The highest BCUT2D eigenvalue weighted by Crippen LogP contribution is 2.26. The van der Waals surface area contributed by atoms with Crippen molar-refractivity contribution in [1.82, 2.24) is 0 Å². The third-order valence-electron chi connectivity index (χ3n) is 2.49. The Balaban J connectivity index is 2.24. The van der Waals surface area contributed by atoms with Gasteiger partial charge in [-0.05, 0) is 42.8 Å². The zero-order valence-corrected chi connectivity index (χ0v) is 10.8. The molecule has 0 aliphatic rings. The van der Waals surface area contributed by atoms with E-state index >= 15 is 0 Å². The maximum absolute atomic E-state index is 13.4. The van der Waals surface area contributed by atoms with Crippen molar-refractivity contribution in [3.8, 4) is 11.5 Å². The number of hydrogen-bond acceptors (Lipinski definition) is 2. The molecule has 0 radical (unpaired) electrons. The molecule has 0 fully saturated rings. The zero-order chi connectivity index (χ0) is 13.8. The highest BCUT2D eigenvalue weighted by atomic mass is 35.5. The monoisotopic (exact) mass is 283 g/mol. The fourth-order valence-corrected chi connectivity index (χ4v) is 1.78. The maximum atomic E-state index is 13.4. The molecular weight excluding hydrogens is 272 g/mol. The fourth-order valence-electron chi connectivity index (χ4n) is 1.67. The molecule has 0 saturated carbocycles. The smallest absolute Gasteiger partial charge is 0.145 e. The maximum Gasteiger partial charge on any atom is 0.145 e. The third-order valence-corrected chi connectivity index (χ3v) is 2.80. The van der Waals surface area contributed by atoms with Crippen molar-refractivity contribution in [3.05, 3.63) is 58.6 Å². The van der Waals surface area contributed by atoms with Crippen LogP contribution in [-0.2, 0) is 6.42 Å². The summed E-state index contributed by atoms with van der Waals surface area (Å²) in [5, 5.41) is 0.00964. The predicted octanol–water partition coefficient (Wildman–Crippen LogP) is 3.91. The van der Waals surface area contributed by atoms with Crippen LogP contribution in [0.1, 0.15) is 5.56 Å². The fraction of sp³-hybridized carbons (Fsp3) is 0.143. The van der Waals surface area contributed by atoms with Crippen LogP contribution in [0.3, 0.4) is 0 Å². The molecule has 0 atom stereocenters. The predicted molar refractivity (Wildman–Crippen MR) is 70.6 cm³/mol. The van der Waals surface area contributed by atoms with Gasteiger partial charge in [0.2, 0.25) is 0 Å². The minimum Gasteiger partial charge on any atom is -0.457 e. The van der Waals surface area contributed by atoms with Gasteiger partial charge in [0, 0.05) is 12.1 Å². The lowest BCUT2D eigenvalue weighted by molar-refractivity contribution is 0.470. The minimum atomic E-state index is -0.585. The summed E-state index contributed by atoms with van der Waals surface area (Å²) in [5.41, 5.74) is 6.15. The summed E-state index contributed by atoms with van der Waals surface area (Å²) in [6, 6.07) is 8.33. The van der Waals surface area contributed by atoms with Gasteiger partial charge in [-0.25, -0.2) is 8.78 Å². The summed E-state index contributed by atoms with van der Waals surface area (Å²) in [6.45, 7) is 0.415. The highest BCUT2D eigenvalue weighted by Gasteiger charge is 2.06. The Kier molecular flexibility index (Phi) is 4.35. The van der Waals surface area contributed by atoms with Gasteiger partial charge in [0.15, 0.2) is 0 Å². The largest absolute Gasteiger partial charge is 0.457 e. The Morgan fingerprint density at radius 3 is 2.53 bits per heavy atom. The van der Waals surface area contributed by atoms with Gasteiger partial charge in [0.1, 0.15) is 23.1 Å². The quantitative estimate of drug-likeness (QED) is 0.923. The van der Waals surface area contributed by atoms with Crippen LogP contribution in [0.2, 0.25) is 5.02 Å². The number of hydrogen-bond donors (Lipinski definition) is 1. The molecule has 0 heterocycles. The molecule has 0 aliphatic heterocycles. The van der Waals surface area contributed by atoms with E-state index < -0.39 is 11.6 Å². The molecule has 2 N–H and O–H groups in total. The molecule has 0 spiro atoms. The van der Waals surface area contributed by atoms with Crippen molar-refractivity contribution in [2.75, 3.05) is 6.54 Å². The van der Waals surface area contributed by atoms with Crippen molar-refractivity contribution in [2.45, 2.75) is 6.42 Å².